The van der Waals surface area contributed by atoms with Gasteiger partial charge < -0.3 is 5.32 Å². The van der Waals surface area contributed by atoms with Crippen molar-refractivity contribution in [3.63, 3.8) is 0 Å². The van der Waals surface area contributed by atoms with Crippen molar-refractivity contribution in [2.75, 3.05) is 13.1 Å². The van der Waals surface area contributed by atoms with Crippen LogP contribution in [0.4, 0.5) is 0 Å². The first-order valence-electron chi connectivity index (χ1n) is 4.45. The molecule has 1 aliphatic rings. The van der Waals surface area contributed by atoms with E-state index < -0.39 is 0 Å². The summed E-state index contributed by atoms with van der Waals surface area (Å²) in [7, 11) is 0. The Morgan fingerprint density at radius 1 is 1.38 bits per heavy atom. The molecule has 0 aliphatic carbocycles. The summed E-state index contributed by atoms with van der Waals surface area (Å²) in [4.78, 5) is 4.18. The predicted molar refractivity (Wildman–Crippen MR) is 49.5 cm³/mol. The maximum absolute atomic E-state index is 4.18. The zero-order chi connectivity index (χ0) is 8.67. The first-order valence-corrected chi connectivity index (χ1v) is 4.45. The summed E-state index contributed by atoms with van der Waals surface area (Å²) in [5.74, 6) is 0.592. The second-order valence-corrected chi connectivity index (χ2v) is 3.37. The van der Waals surface area contributed by atoms with Crippen LogP contribution < -0.4 is 5.32 Å². The van der Waals surface area contributed by atoms with Crippen molar-refractivity contribution in [2.45, 2.75) is 5.92 Å². The number of fused-ring (bicyclic) bond motifs is 1. The van der Waals surface area contributed by atoms with E-state index in [4.69, 9.17) is 0 Å². The van der Waals surface area contributed by atoms with Gasteiger partial charge in [0, 0.05) is 30.6 Å². The van der Waals surface area contributed by atoms with Crippen molar-refractivity contribution in [3.8, 4) is 0 Å². The Labute approximate surface area is 75.4 Å². The summed E-state index contributed by atoms with van der Waals surface area (Å²) in [6.07, 6.45) is 1.77. The highest BCUT2D eigenvalue weighted by molar-refractivity contribution is 5.78. The van der Waals surface area contributed by atoms with Gasteiger partial charge in [-0.1, -0.05) is 0 Å². The Bertz CT molecular complexity index is 430. The van der Waals surface area contributed by atoms with Gasteiger partial charge in [0.2, 0.25) is 0 Å². The molecule has 0 radical (unpaired) electrons. The Morgan fingerprint density at radius 2 is 2.31 bits per heavy atom. The van der Waals surface area contributed by atoms with Crippen molar-refractivity contribution >= 4 is 11.0 Å². The summed E-state index contributed by atoms with van der Waals surface area (Å²) in [6, 6.07) is 4.02. The van der Waals surface area contributed by atoms with E-state index in [-0.39, 0.29) is 0 Å². The van der Waals surface area contributed by atoms with Crippen molar-refractivity contribution in [2.24, 2.45) is 0 Å². The second-order valence-electron chi connectivity index (χ2n) is 3.37. The van der Waals surface area contributed by atoms with Gasteiger partial charge in [-0.25, -0.2) is 4.98 Å². The molecule has 13 heavy (non-hydrogen) atoms. The third kappa shape index (κ3) is 0.954. The molecule has 0 aromatic carbocycles. The normalized spacial score (nSPS) is 17.5. The number of aromatic nitrogens is 3. The van der Waals surface area contributed by atoms with Crippen LogP contribution in [-0.4, -0.2) is 28.3 Å². The van der Waals surface area contributed by atoms with Crippen LogP contribution in [0.25, 0.3) is 11.0 Å². The van der Waals surface area contributed by atoms with E-state index in [1.54, 1.807) is 6.20 Å². The lowest BCUT2D eigenvalue weighted by atomic mass is 9.97. The summed E-state index contributed by atoms with van der Waals surface area (Å²) in [6.45, 7) is 2.10. The van der Waals surface area contributed by atoms with E-state index in [1.807, 2.05) is 6.07 Å². The molecule has 1 saturated heterocycles. The van der Waals surface area contributed by atoms with Gasteiger partial charge in [-0.3, -0.25) is 5.10 Å². The van der Waals surface area contributed by atoms with E-state index in [1.165, 1.54) is 5.69 Å². The molecule has 1 fully saturated rings. The molecule has 2 aromatic heterocycles. The Kier molecular flexibility index (Phi) is 1.37. The lowest BCUT2D eigenvalue weighted by molar-refractivity contribution is 0.441. The summed E-state index contributed by atoms with van der Waals surface area (Å²) in [5.41, 5.74) is 2.05. The van der Waals surface area contributed by atoms with Gasteiger partial charge in [-0.05, 0) is 12.1 Å². The van der Waals surface area contributed by atoms with Crippen LogP contribution in [0, 0.1) is 0 Å². The number of hydrogen-bond acceptors (Lipinski definition) is 3. The highest BCUT2D eigenvalue weighted by Crippen LogP contribution is 2.24. The first-order chi connectivity index (χ1) is 6.45. The van der Waals surface area contributed by atoms with Gasteiger partial charge in [0.15, 0.2) is 5.65 Å². The summed E-state index contributed by atoms with van der Waals surface area (Å²) < 4.78 is 0. The molecule has 0 unspecified atom stereocenters. The van der Waals surface area contributed by atoms with Gasteiger partial charge in [0.05, 0.1) is 5.69 Å². The van der Waals surface area contributed by atoms with Crippen molar-refractivity contribution in [1.29, 1.82) is 0 Å². The molecule has 2 aromatic rings. The fourth-order valence-electron chi connectivity index (χ4n) is 1.67. The van der Waals surface area contributed by atoms with Crippen LogP contribution in [0.2, 0.25) is 0 Å². The maximum Gasteiger partial charge on any atom is 0.181 e. The SMILES string of the molecule is c1cnc2n[nH]c(C3CNC3)c2c1. The van der Waals surface area contributed by atoms with Crippen LogP contribution in [0.5, 0.6) is 0 Å². The van der Waals surface area contributed by atoms with Gasteiger partial charge in [0.25, 0.3) is 0 Å². The van der Waals surface area contributed by atoms with Gasteiger partial charge in [-0.15, -0.1) is 0 Å². The molecule has 0 bridgehead atoms. The van der Waals surface area contributed by atoms with Crippen LogP contribution in [-0.2, 0) is 0 Å². The highest BCUT2D eigenvalue weighted by Gasteiger charge is 2.22. The van der Waals surface area contributed by atoms with E-state index in [9.17, 15) is 0 Å². The zero-order valence-electron chi connectivity index (χ0n) is 7.12. The molecule has 3 heterocycles. The maximum atomic E-state index is 4.18. The number of nitrogens with one attached hydrogen (secondary N) is 2. The Morgan fingerprint density at radius 3 is 3.08 bits per heavy atom. The highest BCUT2D eigenvalue weighted by atomic mass is 15.2. The van der Waals surface area contributed by atoms with Crippen molar-refractivity contribution in [3.05, 3.63) is 24.0 Å². The molecule has 0 spiro atoms. The number of rotatable bonds is 1. The average Bonchev–Trinajstić information content (AvgIpc) is 2.47. The molecule has 3 rings (SSSR count). The lowest BCUT2D eigenvalue weighted by Crippen LogP contribution is -2.40. The topological polar surface area (TPSA) is 53.6 Å². The van der Waals surface area contributed by atoms with Gasteiger partial charge in [0.1, 0.15) is 0 Å². The third-order valence-electron chi connectivity index (χ3n) is 2.55. The fourth-order valence-corrected chi connectivity index (χ4v) is 1.67. The average molecular weight is 174 g/mol. The molecular weight excluding hydrogens is 164 g/mol. The number of pyridine rings is 1. The van der Waals surface area contributed by atoms with Crippen LogP contribution in [0.15, 0.2) is 18.3 Å². The standard InChI is InChI=1S/C9H10N4/c1-2-7-8(6-4-10-5-6)12-13-9(7)11-3-1/h1-3,6,10H,4-5H2,(H,11,12,13). The third-order valence-corrected chi connectivity index (χ3v) is 2.55. The van der Waals surface area contributed by atoms with E-state index in [0.29, 0.717) is 5.92 Å². The molecule has 4 heteroatoms. The Balaban J connectivity index is 2.17. The molecule has 0 amide bonds. The number of H-pyrrole nitrogens is 1. The smallest absolute Gasteiger partial charge is 0.181 e. The molecule has 0 atom stereocenters. The summed E-state index contributed by atoms with van der Waals surface area (Å²) in [5, 5.41) is 11.6. The van der Waals surface area contributed by atoms with Crippen LogP contribution >= 0.6 is 0 Å². The fraction of sp³-hybridized carbons (Fsp3) is 0.333. The number of hydrogen-bond donors (Lipinski definition) is 2. The monoisotopic (exact) mass is 174 g/mol. The van der Waals surface area contributed by atoms with E-state index in [0.717, 1.165) is 24.1 Å². The van der Waals surface area contributed by atoms with E-state index >= 15 is 0 Å². The molecule has 2 N–H and O–H groups in total. The number of nitrogens with zero attached hydrogens (tertiary/aromatic N) is 2. The Hall–Kier alpha value is -1.42. The lowest BCUT2D eigenvalue weighted by Gasteiger charge is -2.25. The zero-order valence-corrected chi connectivity index (χ0v) is 7.12. The second kappa shape index (κ2) is 2.53. The van der Waals surface area contributed by atoms with E-state index in [2.05, 4.69) is 26.6 Å². The minimum Gasteiger partial charge on any atom is -0.315 e. The number of aromatic amines is 1. The molecule has 66 valence electrons. The minimum absolute atomic E-state index is 0.592. The van der Waals surface area contributed by atoms with Crippen molar-refractivity contribution in [1.82, 2.24) is 20.5 Å². The summed E-state index contributed by atoms with van der Waals surface area (Å²) >= 11 is 0. The largest absolute Gasteiger partial charge is 0.315 e. The first kappa shape index (κ1) is 7.03. The van der Waals surface area contributed by atoms with Crippen LogP contribution in [0.1, 0.15) is 11.6 Å². The molecular formula is C9H10N4. The van der Waals surface area contributed by atoms with Gasteiger partial charge in [-0.2, -0.15) is 5.10 Å². The molecule has 1 aliphatic heterocycles. The predicted octanol–water partition coefficient (Wildman–Crippen LogP) is 0.645. The molecule has 0 saturated carbocycles. The van der Waals surface area contributed by atoms with Crippen LogP contribution in [0.3, 0.4) is 0 Å². The van der Waals surface area contributed by atoms with Crippen molar-refractivity contribution < 1.29 is 0 Å². The molecule has 4 nitrogen and oxygen atoms in total. The minimum atomic E-state index is 0.592. The quantitative estimate of drug-likeness (QED) is 0.667. The van der Waals surface area contributed by atoms with Gasteiger partial charge >= 0.3 is 0 Å².